The van der Waals surface area contributed by atoms with Crippen LogP contribution >= 0.6 is 0 Å². The Balaban J connectivity index is 1.96. The van der Waals surface area contributed by atoms with E-state index in [-0.39, 0.29) is 17.9 Å². The second kappa shape index (κ2) is 7.51. The third kappa shape index (κ3) is 4.53. The van der Waals surface area contributed by atoms with Gasteiger partial charge in [-0.15, -0.1) is 0 Å². The summed E-state index contributed by atoms with van der Waals surface area (Å²) < 4.78 is 13.4. The Bertz CT molecular complexity index is 619. The SMILES string of the molecule is CN(C)[C@H](CNC(=O)Nc1cccnc1)c1cccc(F)c1. The first kappa shape index (κ1) is 15.9. The number of carbonyl (C=O) groups is 1. The zero-order valence-corrected chi connectivity index (χ0v) is 12.6. The van der Waals surface area contributed by atoms with E-state index in [9.17, 15) is 9.18 Å². The maximum absolute atomic E-state index is 13.4. The molecule has 0 aliphatic rings. The highest BCUT2D eigenvalue weighted by molar-refractivity contribution is 5.88. The third-order valence-electron chi connectivity index (χ3n) is 3.23. The summed E-state index contributed by atoms with van der Waals surface area (Å²) in [6.07, 6.45) is 3.20. The number of halogens is 1. The summed E-state index contributed by atoms with van der Waals surface area (Å²) >= 11 is 0. The van der Waals surface area contributed by atoms with E-state index in [0.717, 1.165) is 5.56 Å². The molecule has 5 nitrogen and oxygen atoms in total. The van der Waals surface area contributed by atoms with Gasteiger partial charge in [-0.3, -0.25) is 4.98 Å². The van der Waals surface area contributed by atoms with E-state index >= 15 is 0 Å². The Morgan fingerprint density at radius 2 is 2.14 bits per heavy atom. The number of carbonyl (C=O) groups excluding carboxylic acids is 1. The van der Waals surface area contributed by atoms with Gasteiger partial charge < -0.3 is 15.5 Å². The van der Waals surface area contributed by atoms with Gasteiger partial charge in [0.15, 0.2) is 0 Å². The quantitative estimate of drug-likeness (QED) is 0.892. The number of rotatable bonds is 5. The second-order valence-corrected chi connectivity index (χ2v) is 5.11. The fourth-order valence-electron chi connectivity index (χ4n) is 2.11. The van der Waals surface area contributed by atoms with Crippen molar-refractivity contribution in [3.8, 4) is 0 Å². The van der Waals surface area contributed by atoms with Crippen LogP contribution in [0.15, 0.2) is 48.8 Å². The molecule has 2 amide bonds. The number of pyridine rings is 1. The van der Waals surface area contributed by atoms with Gasteiger partial charge >= 0.3 is 6.03 Å². The number of benzene rings is 1. The van der Waals surface area contributed by atoms with Crippen LogP contribution in [0, 0.1) is 5.82 Å². The lowest BCUT2D eigenvalue weighted by atomic mass is 10.1. The van der Waals surface area contributed by atoms with Crippen LogP contribution in [0.2, 0.25) is 0 Å². The number of hydrogen-bond donors (Lipinski definition) is 2. The van der Waals surface area contributed by atoms with Crippen LogP contribution in [0.1, 0.15) is 11.6 Å². The van der Waals surface area contributed by atoms with E-state index in [4.69, 9.17) is 0 Å². The number of nitrogens with one attached hydrogen (secondary N) is 2. The summed E-state index contributed by atoms with van der Waals surface area (Å²) in [6.45, 7) is 0.364. The molecule has 0 bridgehead atoms. The molecule has 0 saturated heterocycles. The molecule has 6 heteroatoms. The molecule has 0 radical (unpaired) electrons. The van der Waals surface area contributed by atoms with E-state index < -0.39 is 0 Å². The van der Waals surface area contributed by atoms with Crippen molar-refractivity contribution >= 4 is 11.7 Å². The van der Waals surface area contributed by atoms with E-state index in [1.165, 1.54) is 12.1 Å². The minimum Gasteiger partial charge on any atom is -0.336 e. The number of hydrogen-bond acceptors (Lipinski definition) is 3. The van der Waals surface area contributed by atoms with Gasteiger partial charge in [0.2, 0.25) is 0 Å². The largest absolute Gasteiger partial charge is 0.336 e. The Hall–Kier alpha value is -2.47. The standard InChI is InChI=1S/C16H19FN4O/c1-21(2)15(12-5-3-6-13(17)9-12)11-19-16(22)20-14-7-4-8-18-10-14/h3-10,15H,11H2,1-2H3,(H2,19,20,22)/t15-/m1/s1. The molecule has 0 aliphatic heterocycles. The average molecular weight is 302 g/mol. The van der Waals surface area contributed by atoms with Gasteiger partial charge in [-0.2, -0.15) is 0 Å². The Kier molecular flexibility index (Phi) is 5.43. The lowest BCUT2D eigenvalue weighted by Crippen LogP contribution is -2.36. The molecule has 0 fully saturated rings. The Morgan fingerprint density at radius 1 is 1.32 bits per heavy atom. The number of urea groups is 1. The van der Waals surface area contributed by atoms with Crippen molar-refractivity contribution < 1.29 is 9.18 Å². The first-order valence-electron chi connectivity index (χ1n) is 6.93. The highest BCUT2D eigenvalue weighted by Crippen LogP contribution is 2.18. The molecule has 1 aromatic heterocycles. The molecule has 0 saturated carbocycles. The van der Waals surface area contributed by atoms with Crippen LogP contribution in [-0.4, -0.2) is 36.6 Å². The summed E-state index contributed by atoms with van der Waals surface area (Å²) in [5.41, 5.74) is 1.43. The average Bonchev–Trinajstić information content (AvgIpc) is 2.48. The summed E-state index contributed by atoms with van der Waals surface area (Å²) in [6, 6.07) is 9.44. The maximum atomic E-state index is 13.4. The smallest absolute Gasteiger partial charge is 0.319 e. The molecule has 1 atom stereocenters. The molecule has 1 heterocycles. The van der Waals surface area contributed by atoms with Gasteiger partial charge in [0.1, 0.15) is 5.82 Å². The van der Waals surface area contributed by atoms with Gasteiger partial charge in [0, 0.05) is 12.7 Å². The van der Waals surface area contributed by atoms with Crippen LogP contribution in [0.25, 0.3) is 0 Å². The van der Waals surface area contributed by atoms with Crippen molar-refractivity contribution in [3.63, 3.8) is 0 Å². The Labute approximate surface area is 129 Å². The normalized spacial score (nSPS) is 12.0. The predicted molar refractivity (Wildman–Crippen MR) is 84.1 cm³/mol. The van der Waals surface area contributed by atoms with Crippen LogP contribution in [0.5, 0.6) is 0 Å². The van der Waals surface area contributed by atoms with Crippen LogP contribution in [-0.2, 0) is 0 Å². The highest BCUT2D eigenvalue weighted by Gasteiger charge is 2.15. The molecule has 0 unspecified atom stereocenters. The first-order chi connectivity index (χ1) is 10.6. The van der Waals surface area contributed by atoms with Crippen molar-refractivity contribution in [2.24, 2.45) is 0 Å². The zero-order valence-electron chi connectivity index (χ0n) is 12.6. The van der Waals surface area contributed by atoms with Crippen molar-refractivity contribution in [1.29, 1.82) is 0 Å². The topological polar surface area (TPSA) is 57.3 Å². The van der Waals surface area contributed by atoms with Crippen LogP contribution < -0.4 is 10.6 Å². The van der Waals surface area contributed by atoms with E-state index in [1.54, 1.807) is 30.6 Å². The van der Waals surface area contributed by atoms with Gasteiger partial charge in [-0.1, -0.05) is 12.1 Å². The lowest BCUT2D eigenvalue weighted by Gasteiger charge is -2.25. The van der Waals surface area contributed by atoms with Crippen molar-refractivity contribution in [2.45, 2.75) is 6.04 Å². The van der Waals surface area contributed by atoms with Gasteiger partial charge in [-0.25, -0.2) is 9.18 Å². The van der Waals surface area contributed by atoms with Crippen LogP contribution in [0.4, 0.5) is 14.9 Å². The molecular formula is C16H19FN4O. The van der Waals surface area contributed by atoms with Gasteiger partial charge in [0.05, 0.1) is 17.9 Å². The Morgan fingerprint density at radius 3 is 2.77 bits per heavy atom. The fourth-order valence-corrected chi connectivity index (χ4v) is 2.11. The molecule has 2 aromatic rings. The molecule has 22 heavy (non-hydrogen) atoms. The van der Waals surface area contributed by atoms with E-state index in [0.29, 0.717) is 12.2 Å². The third-order valence-corrected chi connectivity index (χ3v) is 3.23. The number of anilines is 1. The van der Waals surface area contributed by atoms with Gasteiger partial charge in [0.25, 0.3) is 0 Å². The minimum absolute atomic E-state index is 0.115. The monoisotopic (exact) mass is 302 g/mol. The first-order valence-corrected chi connectivity index (χ1v) is 6.93. The number of nitrogens with zero attached hydrogens (tertiary/aromatic N) is 2. The summed E-state index contributed by atoms with van der Waals surface area (Å²) in [5.74, 6) is -0.288. The number of likely N-dealkylation sites (N-methyl/N-ethyl adjacent to an activating group) is 1. The molecule has 2 rings (SSSR count). The highest BCUT2D eigenvalue weighted by atomic mass is 19.1. The predicted octanol–water partition coefficient (Wildman–Crippen LogP) is 2.65. The molecule has 2 N–H and O–H groups in total. The summed E-state index contributed by atoms with van der Waals surface area (Å²) in [5, 5.41) is 5.48. The van der Waals surface area contributed by atoms with E-state index in [2.05, 4.69) is 15.6 Å². The molecule has 0 aliphatic carbocycles. The van der Waals surface area contributed by atoms with Crippen molar-refractivity contribution in [1.82, 2.24) is 15.2 Å². The molecule has 1 aromatic carbocycles. The zero-order chi connectivity index (χ0) is 15.9. The van der Waals surface area contributed by atoms with Crippen LogP contribution in [0.3, 0.4) is 0 Å². The minimum atomic E-state index is -0.323. The number of amides is 2. The summed E-state index contributed by atoms with van der Waals surface area (Å²) in [4.78, 5) is 17.8. The summed E-state index contributed by atoms with van der Waals surface area (Å²) in [7, 11) is 3.77. The fraction of sp³-hybridized carbons (Fsp3) is 0.250. The second-order valence-electron chi connectivity index (χ2n) is 5.11. The number of aromatic nitrogens is 1. The molecule has 116 valence electrons. The van der Waals surface area contributed by atoms with Gasteiger partial charge in [-0.05, 0) is 43.9 Å². The molecular weight excluding hydrogens is 283 g/mol. The lowest BCUT2D eigenvalue weighted by molar-refractivity contribution is 0.243. The molecule has 0 spiro atoms. The van der Waals surface area contributed by atoms with Crippen molar-refractivity contribution in [3.05, 3.63) is 60.2 Å². The van der Waals surface area contributed by atoms with E-state index in [1.807, 2.05) is 25.1 Å². The maximum Gasteiger partial charge on any atom is 0.319 e. The van der Waals surface area contributed by atoms with Crippen molar-refractivity contribution in [2.75, 3.05) is 26.0 Å².